The number of nitrogens with one attached hydrogen (secondary N) is 1. The second-order valence-electron chi connectivity index (χ2n) is 9.15. The van der Waals surface area contributed by atoms with Gasteiger partial charge in [0, 0.05) is 55.8 Å². The summed E-state index contributed by atoms with van der Waals surface area (Å²) in [6.07, 6.45) is -0.584. The number of benzene rings is 1. The number of piperazine rings is 1. The van der Waals surface area contributed by atoms with Crippen molar-refractivity contribution in [3.63, 3.8) is 0 Å². The van der Waals surface area contributed by atoms with Gasteiger partial charge in [-0.2, -0.15) is 4.39 Å². The van der Waals surface area contributed by atoms with Gasteiger partial charge in [0.2, 0.25) is 11.9 Å². The molecule has 3 rings (SSSR count). The van der Waals surface area contributed by atoms with E-state index < -0.39 is 35.4 Å². The van der Waals surface area contributed by atoms with Crippen molar-refractivity contribution in [2.24, 2.45) is 0 Å². The van der Waals surface area contributed by atoms with Crippen molar-refractivity contribution in [1.82, 2.24) is 20.1 Å². The van der Waals surface area contributed by atoms with Crippen LogP contribution in [-0.4, -0.2) is 65.0 Å². The van der Waals surface area contributed by atoms with Crippen LogP contribution in [0.15, 0.2) is 24.3 Å². The van der Waals surface area contributed by atoms with E-state index in [0.29, 0.717) is 0 Å². The van der Waals surface area contributed by atoms with Crippen LogP contribution >= 0.6 is 11.6 Å². The third kappa shape index (κ3) is 6.05. The molecule has 1 N–H and O–H groups in total. The molecule has 1 aliphatic rings. The van der Waals surface area contributed by atoms with Crippen molar-refractivity contribution in [2.45, 2.75) is 39.3 Å². The third-order valence-electron chi connectivity index (χ3n) is 5.43. The van der Waals surface area contributed by atoms with Crippen LogP contribution in [0, 0.1) is 11.8 Å². The van der Waals surface area contributed by atoms with Crippen molar-refractivity contribution in [3.8, 4) is 11.1 Å². The Morgan fingerprint density at radius 2 is 1.83 bits per heavy atom. The molecule has 35 heavy (non-hydrogen) atoms. The van der Waals surface area contributed by atoms with Gasteiger partial charge in [-0.1, -0.05) is 11.6 Å². The van der Waals surface area contributed by atoms with E-state index in [2.05, 4.69) is 10.3 Å². The summed E-state index contributed by atoms with van der Waals surface area (Å²) in [6, 6.07) is 4.04. The maximum atomic E-state index is 15.9. The van der Waals surface area contributed by atoms with E-state index in [9.17, 15) is 18.8 Å². The predicted molar refractivity (Wildman–Crippen MR) is 126 cm³/mol. The zero-order valence-electron chi connectivity index (χ0n) is 20.1. The van der Waals surface area contributed by atoms with Crippen molar-refractivity contribution >= 4 is 29.5 Å². The molecule has 188 valence electrons. The first-order chi connectivity index (χ1) is 16.3. The Labute approximate surface area is 207 Å². The lowest BCUT2D eigenvalue weighted by atomic mass is 9.96. The molecule has 2 aromatic rings. The summed E-state index contributed by atoms with van der Waals surface area (Å²) < 4.78 is 35.6. The summed E-state index contributed by atoms with van der Waals surface area (Å²) >= 11 is 6.31. The van der Waals surface area contributed by atoms with E-state index in [4.69, 9.17) is 16.3 Å². The molecule has 1 aliphatic heterocycles. The normalized spacial score (nSPS) is 16.2. The van der Waals surface area contributed by atoms with E-state index >= 15 is 4.39 Å². The number of halogens is 3. The van der Waals surface area contributed by atoms with Gasteiger partial charge in [0.25, 0.3) is 5.91 Å². The van der Waals surface area contributed by atoms with Crippen molar-refractivity contribution in [2.75, 3.05) is 26.7 Å². The fraction of sp³-hybridized carbons (Fsp3) is 0.417. The van der Waals surface area contributed by atoms with Crippen LogP contribution < -0.4 is 5.32 Å². The maximum absolute atomic E-state index is 15.9. The molecule has 0 spiro atoms. The fourth-order valence-corrected chi connectivity index (χ4v) is 4.10. The molecule has 1 atom stereocenters. The summed E-state index contributed by atoms with van der Waals surface area (Å²) in [7, 11) is 1.36. The largest absolute Gasteiger partial charge is 0.444 e. The quantitative estimate of drug-likeness (QED) is 0.628. The zero-order valence-corrected chi connectivity index (χ0v) is 20.9. The van der Waals surface area contributed by atoms with Crippen LogP contribution in [0.2, 0.25) is 5.02 Å². The maximum Gasteiger partial charge on any atom is 0.410 e. The summed E-state index contributed by atoms with van der Waals surface area (Å²) in [5, 5.41) is 2.48. The van der Waals surface area contributed by atoms with Crippen molar-refractivity contribution in [3.05, 3.63) is 52.3 Å². The van der Waals surface area contributed by atoms with Gasteiger partial charge >= 0.3 is 6.09 Å². The third-order valence-corrected chi connectivity index (χ3v) is 5.64. The Morgan fingerprint density at radius 1 is 1.14 bits per heavy atom. The van der Waals surface area contributed by atoms with E-state index in [1.54, 1.807) is 20.8 Å². The Hall–Kier alpha value is -3.27. The summed E-state index contributed by atoms with van der Waals surface area (Å²) in [6.45, 7) is 6.90. The van der Waals surface area contributed by atoms with Crippen LogP contribution in [0.3, 0.4) is 0 Å². The molecular weight excluding hydrogens is 482 g/mol. The molecule has 1 fully saturated rings. The van der Waals surface area contributed by atoms with Gasteiger partial charge in [-0.15, -0.1) is 0 Å². The number of hydrogen-bond donors (Lipinski definition) is 1. The molecule has 0 radical (unpaired) electrons. The minimum atomic E-state index is -0.971. The van der Waals surface area contributed by atoms with Gasteiger partial charge in [0.05, 0.1) is 6.04 Å². The molecule has 1 aromatic carbocycles. The average Bonchev–Trinajstić information content (AvgIpc) is 2.77. The van der Waals surface area contributed by atoms with Gasteiger partial charge < -0.3 is 19.9 Å². The van der Waals surface area contributed by atoms with Crippen molar-refractivity contribution < 1.29 is 27.9 Å². The molecule has 11 heteroatoms. The minimum absolute atomic E-state index is 0.0284. The smallest absolute Gasteiger partial charge is 0.410 e. The fourth-order valence-electron chi connectivity index (χ4n) is 3.88. The van der Waals surface area contributed by atoms with Crippen LogP contribution in [0.5, 0.6) is 0 Å². The molecule has 1 saturated heterocycles. The number of carbonyl (C=O) groups excluding carboxylic acids is 3. The monoisotopic (exact) mass is 508 g/mol. The number of rotatable bonds is 3. The summed E-state index contributed by atoms with van der Waals surface area (Å²) in [4.78, 5) is 43.4. The highest BCUT2D eigenvalue weighted by atomic mass is 35.5. The molecule has 0 bridgehead atoms. The number of pyridine rings is 1. The minimum Gasteiger partial charge on any atom is -0.444 e. The number of nitrogens with zero attached hydrogens (tertiary/aromatic N) is 3. The molecule has 8 nitrogen and oxygen atoms in total. The highest BCUT2D eigenvalue weighted by molar-refractivity contribution is 6.31. The molecule has 0 saturated carbocycles. The lowest BCUT2D eigenvalue weighted by Gasteiger charge is -2.41. The Morgan fingerprint density at radius 3 is 2.43 bits per heavy atom. The first kappa shape index (κ1) is 26.3. The Balaban J connectivity index is 2.08. The molecule has 1 unspecified atom stereocenters. The standard InChI is InChI=1S/C24H27ClF2N4O4/c1-13(32)31-7-6-30(23(34)35-24(2,3)4)12-19(31)17-11-15(25)10-16(21(17)27)14-8-18(22(33)28-5)29-20(26)9-14/h8-11,19H,6-7,12H2,1-5H3,(H,28,33). The Bertz CT molecular complexity index is 1170. The summed E-state index contributed by atoms with van der Waals surface area (Å²) in [5.41, 5.74) is -0.937. The van der Waals surface area contributed by atoms with E-state index in [1.165, 1.54) is 42.0 Å². The number of ether oxygens (including phenoxy) is 1. The van der Waals surface area contributed by atoms with E-state index in [1.807, 2.05) is 0 Å². The molecular formula is C24H27ClF2N4O4. The SMILES string of the molecule is CNC(=O)c1cc(-c2cc(Cl)cc(C3CN(C(=O)OC(C)(C)C)CCN3C(C)=O)c2F)cc(F)n1. The number of hydrogen-bond acceptors (Lipinski definition) is 5. The van der Waals surface area contributed by atoms with Gasteiger partial charge in [-0.05, 0) is 44.5 Å². The van der Waals surface area contributed by atoms with Gasteiger partial charge in [-0.3, -0.25) is 9.59 Å². The van der Waals surface area contributed by atoms with Crippen LogP contribution in [0.1, 0.15) is 49.8 Å². The highest BCUT2D eigenvalue weighted by Gasteiger charge is 2.36. The lowest BCUT2D eigenvalue weighted by molar-refractivity contribution is -0.134. The molecule has 2 heterocycles. The number of amides is 3. The number of carbonyl (C=O) groups is 3. The van der Waals surface area contributed by atoms with Gasteiger partial charge in [-0.25, -0.2) is 14.2 Å². The van der Waals surface area contributed by atoms with Gasteiger partial charge in [0.15, 0.2) is 0 Å². The Kier molecular flexibility index (Phi) is 7.64. The highest BCUT2D eigenvalue weighted by Crippen LogP contribution is 2.36. The molecule has 3 amide bonds. The van der Waals surface area contributed by atoms with Gasteiger partial charge in [0.1, 0.15) is 17.1 Å². The lowest BCUT2D eigenvalue weighted by Crippen LogP contribution is -2.53. The molecule has 0 aliphatic carbocycles. The zero-order chi connectivity index (χ0) is 26.1. The second-order valence-corrected chi connectivity index (χ2v) is 9.59. The second kappa shape index (κ2) is 10.2. The topological polar surface area (TPSA) is 91.8 Å². The van der Waals surface area contributed by atoms with Crippen LogP contribution in [-0.2, 0) is 9.53 Å². The van der Waals surface area contributed by atoms with Crippen LogP contribution in [0.25, 0.3) is 11.1 Å². The van der Waals surface area contributed by atoms with E-state index in [-0.39, 0.29) is 52.9 Å². The van der Waals surface area contributed by atoms with Crippen LogP contribution in [0.4, 0.5) is 13.6 Å². The molecule has 1 aromatic heterocycles. The van der Waals surface area contributed by atoms with E-state index in [0.717, 1.165) is 6.07 Å². The van der Waals surface area contributed by atoms with Crippen molar-refractivity contribution in [1.29, 1.82) is 0 Å². The first-order valence-corrected chi connectivity index (χ1v) is 11.3. The summed E-state index contributed by atoms with van der Waals surface area (Å²) in [5.74, 6) is -2.68. The number of aromatic nitrogens is 1. The predicted octanol–water partition coefficient (Wildman–Crippen LogP) is 4.18. The average molecular weight is 509 g/mol. The first-order valence-electron chi connectivity index (χ1n) is 10.9.